The molecule has 0 aliphatic heterocycles. The Kier molecular flexibility index (Phi) is 5.59. The van der Waals surface area contributed by atoms with Crippen molar-refractivity contribution in [3.8, 4) is 33.8 Å². The third-order valence-corrected chi connectivity index (χ3v) is 5.55. The SMILES string of the molecule is COc1cc(-c2cc(F)c(F)cc2-c2ccc(S(N)(=O)=O)cc2)cc(OC)c1C. The van der Waals surface area contributed by atoms with Gasteiger partial charge in [0.1, 0.15) is 11.5 Å². The Bertz CT molecular complexity index is 1150. The topological polar surface area (TPSA) is 78.6 Å². The summed E-state index contributed by atoms with van der Waals surface area (Å²) in [4.78, 5) is -0.0796. The molecular weight excluding hydrogens is 400 g/mol. The van der Waals surface area contributed by atoms with E-state index in [4.69, 9.17) is 14.6 Å². The van der Waals surface area contributed by atoms with Crippen LogP contribution in [0.4, 0.5) is 8.78 Å². The molecule has 0 radical (unpaired) electrons. The van der Waals surface area contributed by atoms with Crippen molar-refractivity contribution in [2.45, 2.75) is 11.8 Å². The lowest BCUT2D eigenvalue weighted by atomic mass is 9.93. The summed E-state index contributed by atoms with van der Waals surface area (Å²) >= 11 is 0. The van der Waals surface area contributed by atoms with Crippen LogP contribution in [-0.4, -0.2) is 22.6 Å². The van der Waals surface area contributed by atoms with Gasteiger partial charge in [-0.1, -0.05) is 12.1 Å². The van der Waals surface area contributed by atoms with Crippen molar-refractivity contribution in [2.24, 2.45) is 5.14 Å². The summed E-state index contributed by atoms with van der Waals surface area (Å²) in [5.41, 5.74) is 2.57. The lowest BCUT2D eigenvalue weighted by Crippen LogP contribution is -2.11. The van der Waals surface area contributed by atoms with Crippen LogP contribution in [0.25, 0.3) is 22.3 Å². The predicted molar refractivity (Wildman–Crippen MR) is 106 cm³/mol. The first-order chi connectivity index (χ1) is 13.7. The first kappa shape index (κ1) is 20.8. The maximum Gasteiger partial charge on any atom is 0.238 e. The molecule has 3 rings (SSSR count). The normalized spacial score (nSPS) is 11.4. The van der Waals surface area contributed by atoms with E-state index in [1.165, 1.54) is 38.5 Å². The van der Waals surface area contributed by atoms with Gasteiger partial charge in [0.2, 0.25) is 10.0 Å². The van der Waals surface area contributed by atoms with Crippen molar-refractivity contribution in [1.82, 2.24) is 0 Å². The second kappa shape index (κ2) is 7.81. The van der Waals surface area contributed by atoms with Crippen LogP contribution in [0.1, 0.15) is 5.56 Å². The molecule has 29 heavy (non-hydrogen) atoms. The average Bonchev–Trinajstić information content (AvgIpc) is 2.69. The summed E-state index contributed by atoms with van der Waals surface area (Å²) in [6.45, 7) is 1.82. The van der Waals surface area contributed by atoms with Crippen molar-refractivity contribution in [1.29, 1.82) is 0 Å². The van der Waals surface area contributed by atoms with E-state index in [1.807, 2.05) is 6.92 Å². The fourth-order valence-corrected chi connectivity index (χ4v) is 3.61. The largest absolute Gasteiger partial charge is 0.496 e. The van der Waals surface area contributed by atoms with Crippen molar-refractivity contribution < 1.29 is 26.7 Å². The van der Waals surface area contributed by atoms with E-state index in [0.29, 0.717) is 33.8 Å². The van der Waals surface area contributed by atoms with E-state index in [9.17, 15) is 17.2 Å². The van der Waals surface area contributed by atoms with Crippen LogP contribution in [0.3, 0.4) is 0 Å². The number of sulfonamides is 1. The summed E-state index contributed by atoms with van der Waals surface area (Å²) in [5.74, 6) is -0.979. The maximum absolute atomic E-state index is 14.1. The van der Waals surface area contributed by atoms with E-state index in [1.54, 1.807) is 12.1 Å². The van der Waals surface area contributed by atoms with Gasteiger partial charge in [-0.15, -0.1) is 0 Å². The number of methoxy groups -OCH3 is 2. The Morgan fingerprint density at radius 1 is 0.793 bits per heavy atom. The van der Waals surface area contributed by atoms with Crippen molar-refractivity contribution in [3.63, 3.8) is 0 Å². The third-order valence-electron chi connectivity index (χ3n) is 4.62. The zero-order valence-electron chi connectivity index (χ0n) is 16.0. The Balaban J connectivity index is 2.25. The Labute approximate surface area is 167 Å². The molecule has 3 aromatic rings. The molecule has 0 aliphatic rings. The number of ether oxygens (including phenoxy) is 2. The second-order valence-corrected chi connectivity index (χ2v) is 7.95. The predicted octanol–water partition coefficient (Wildman–Crippen LogP) is 4.27. The van der Waals surface area contributed by atoms with Gasteiger partial charge in [0.15, 0.2) is 11.6 Å². The van der Waals surface area contributed by atoms with Gasteiger partial charge >= 0.3 is 0 Å². The smallest absolute Gasteiger partial charge is 0.238 e. The molecular formula is C21H19F2NO4S. The molecule has 152 valence electrons. The molecule has 0 amide bonds. The van der Waals surface area contributed by atoms with E-state index >= 15 is 0 Å². The lowest BCUT2D eigenvalue weighted by molar-refractivity contribution is 0.389. The van der Waals surface area contributed by atoms with Gasteiger partial charge in [-0.3, -0.25) is 0 Å². The molecule has 0 fully saturated rings. The van der Waals surface area contributed by atoms with Gasteiger partial charge in [-0.25, -0.2) is 22.3 Å². The number of nitrogens with two attached hydrogens (primary N) is 1. The highest BCUT2D eigenvalue weighted by molar-refractivity contribution is 7.89. The van der Waals surface area contributed by atoms with Crippen LogP contribution >= 0.6 is 0 Å². The summed E-state index contributed by atoms with van der Waals surface area (Å²) < 4.78 is 61.8. The van der Waals surface area contributed by atoms with Crippen molar-refractivity contribution >= 4 is 10.0 Å². The molecule has 0 heterocycles. The van der Waals surface area contributed by atoms with Gasteiger partial charge < -0.3 is 9.47 Å². The Morgan fingerprint density at radius 3 is 1.66 bits per heavy atom. The molecule has 0 atom stereocenters. The molecule has 0 unspecified atom stereocenters. The fourth-order valence-electron chi connectivity index (χ4n) is 3.09. The molecule has 0 aromatic heterocycles. The van der Waals surface area contributed by atoms with Gasteiger partial charge in [0.25, 0.3) is 0 Å². The first-order valence-corrected chi connectivity index (χ1v) is 10.1. The van der Waals surface area contributed by atoms with Crippen LogP contribution < -0.4 is 14.6 Å². The van der Waals surface area contributed by atoms with Crippen LogP contribution in [0, 0.1) is 18.6 Å². The van der Waals surface area contributed by atoms with Crippen molar-refractivity contribution in [2.75, 3.05) is 14.2 Å². The molecule has 0 aliphatic carbocycles. The summed E-state index contributed by atoms with van der Waals surface area (Å²) in [7, 11) is -0.862. The third kappa shape index (κ3) is 4.08. The first-order valence-electron chi connectivity index (χ1n) is 8.51. The average molecular weight is 419 g/mol. The van der Waals surface area contributed by atoms with Crippen molar-refractivity contribution in [3.05, 3.63) is 65.7 Å². The quantitative estimate of drug-likeness (QED) is 0.670. The van der Waals surface area contributed by atoms with Gasteiger partial charge in [-0.05, 0) is 65.6 Å². The second-order valence-electron chi connectivity index (χ2n) is 6.39. The number of hydrogen-bond donors (Lipinski definition) is 1. The van der Waals surface area contributed by atoms with Gasteiger partial charge in [0, 0.05) is 5.56 Å². The minimum atomic E-state index is -3.87. The highest BCUT2D eigenvalue weighted by Crippen LogP contribution is 2.39. The van der Waals surface area contributed by atoms with Gasteiger partial charge in [-0.2, -0.15) is 0 Å². The number of halogens is 2. The highest BCUT2D eigenvalue weighted by Gasteiger charge is 2.17. The number of rotatable bonds is 5. The van der Waals surface area contributed by atoms with Crippen LogP contribution in [0.15, 0.2) is 53.4 Å². The summed E-state index contributed by atoms with van der Waals surface area (Å²) in [5, 5.41) is 5.12. The maximum atomic E-state index is 14.1. The van der Waals surface area contributed by atoms with Crippen LogP contribution in [0.2, 0.25) is 0 Å². The standard InChI is InChI=1S/C21H19F2NO4S/c1-12-20(27-2)8-14(9-21(12)28-3)17-11-19(23)18(22)10-16(17)13-4-6-15(7-5-13)29(24,25)26/h4-11H,1-3H3,(H2,24,25,26). The zero-order valence-corrected chi connectivity index (χ0v) is 16.8. The minimum Gasteiger partial charge on any atom is -0.496 e. The van der Waals surface area contributed by atoms with E-state index in [0.717, 1.165) is 17.7 Å². The molecule has 3 aromatic carbocycles. The number of hydrogen-bond acceptors (Lipinski definition) is 4. The molecule has 0 bridgehead atoms. The summed E-state index contributed by atoms with van der Waals surface area (Å²) in [6, 6.07) is 11.1. The molecule has 0 spiro atoms. The number of benzene rings is 3. The lowest BCUT2D eigenvalue weighted by Gasteiger charge is -2.16. The monoisotopic (exact) mass is 419 g/mol. The van der Waals surface area contributed by atoms with Gasteiger partial charge in [0.05, 0.1) is 19.1 Å². The minimum absolute atomic E-state index is 0.0796. The summed E-state index contributed by atoms with van der Waals surface area (Å²) in [6.07, 6.45) is 0. The van der Waals surface area contributed by atoms with Crippen LogP contribution in [-0.2, 0) is 10.0 Å². The fraction of sp³-hybridized carbons (Fsp3) is 0.143. The number of primary sulfonamides is 1. The highest BCUT2D eigenvalue weighted by atomic mass is 32.2. The Morgan fingerprint density at radius 2 is 1.24 bits per heavy atom. The van der Waals surface area contributed by atoms with E-state index in [-0.39, 0.29) is 4.90 Å². The van der Waals surface area contributed by atoms with Crippen LogP contribution in [0.5, 0.6) is 11.5 Å². The molecule has 5 nitrogen and oxygen atoms in total. The molecule has 8 heteroatoms. The zero-order chi connectivity index (χ0) is 21.3. The molecule has 0 saturated carbocycles. The van der Waals surface area contributed by atoms with E-state index in [2.05, 4.69) is 0 Å². The van der Waals surface area contributed by atoms with E-state index < -0.39 is 21.7 Å². The molecule has 2 N–H and O–H groups in total. The Hall–Kier alpha value is -2.97. The molecule has 0 saturated heterocycles.